The molecular formula is C14H23NO4. The number of alkyl carbamates (subject to hydrolysis) is 1. The number of carbonyl (C=O) groups excluding carboxylic acids is 3. The van der Waals surface area contributed by atoms with Crippen molar-refractivity contribution in [2.45, 2.75) is 65.0 Å². The molecule has 0 aliphatic heterocycles. The van der Waals surface area contributed by atoms with Crippen LogP contribution in [0.15, 0.2) is 0 Å². The minimum Gasteiger partial charge on any atom is -0.444 e. The van der Waals surface area contributed by atoms with Crippen molar-refractivity contribution in [3.05, 3.63) is 0 Å². The highest BCUT2D eigenvalue weighted by Gasteiger charge is 2.34. The summed E-state index contributed by atoms with van der Waals surface area (Å²) in [7, 11) is 0. The van der Waals surface area contributed by atoms with Crippen LogP contribution >= 0.6 is 0 Å². The first kappa shape index (κ1) is 15.7. The largest absolute Gasteiger partial charge is 0.444 e. The molecule has 0 aromatic heterocycles. The van der Waals surface area contributed by atoms with Crippen molar-refractivity contribution < 1.29 is 19.1 Å². The summed E-state index contributed by atoms with van der Waals surface area (Å²) in [4.78, 5) is 34.6. The molecule has 108 valence electrons. The van der Waals surface area contributed by atoms with E-state index in [9.17, 15) is 14.4 Å². The fourth-order valence-corrected chi connectivity index (χ4v) is 2.35. The van der Waals surface area contributed by atoms with Gasteiger partial charge in [0.05, 0.1) is 6.42 Å². The molecule has 19 heavy (non-hydrogen) atoms. The minimum absolute atomic E-state index is 0.0445. The van der Waals surface area contributed by atoms with E-state index in [2.05, 4.69) is 5.32 Å². The quantitative estimate of drug-likeness (QED) is 0.794. The summed E-state index contributed by atoms with van der Waals surface area (Å²) in [5.74, 6) is -0.463. The van der Waals surface area contributed by atoms with Gasteiger partial charge >= 0.3 is 6.09 Å². The van der Waals surface area contributed by atoms with Crippen LogP contribution in [-0.2, 0) is 14.3 Å². The van der Waals surface area contributed by atoms with Gasteiger partial charge in [-0.1, -0.05) is 6.42 Å². The molecule has 0 aromatic rings. The van der Waals surface area contributed by atoms with Crippen molar-refractivity contribution in [1.29, 1.82) is 0 Å². The molecule has 1 saturated carbocycles. The normalized spacial score (nSPS) is 22.9. The van der Waals surface area contributed by atoms with Gasteiger partial charge in [0.2, 0.25) is 0 Å². The van der Waals surface area contributed by atoms with Gasteiger partial charge in [0, 0.05) is 12.0 Å². The Bertz CT molecular complexity index is 370. The number of amides is 1. The van der Waals surface area contributed by atoms with E-state index in [-0.39, 0.29) is 29.9 Å². The highest BCUT2D eigenvalue weighted by molar-refractivity contribution is 5.99. The molecule has 0 saturated heterocycles. The summed E-state index contributed by atoms with van der Waals surface area (Å²) >= 11 is 0. The fourth-order valence-electron chi connectivity index (χ4n) is 2.35. The lowest BCUT2D eigenvalue weighted by atomic mass is 9.95. The van der Waals surface area contributed by atoms with Crippen molar-refractivity contribution in [2.75, 3.05) is 0 Å². The number of ketones is 2. The van der Waals surface area contributed by atoms with Crippen molar-refractivity contribution in [2.24, 2.45) is 5.92 Å². The van der Waals surface area contributed by atoms with E-state index in [0.717, 1.165) is 19.3 Å². The SMILES string of the molecule is CC(=O)CC(=O)C1CCCC1NC(=O)OC(C)(C)C. The van der Waals surface area contributed by atoms with Gasteiger partial charge in [0.1, 0.15) is 17.2 Å². The topological polar surface area (TPSA) is 72.5 Å². The molecule has 2 unspecified atom stereocenters. The average Bonchev–Trinajstić information content (AvgIpc) is 2.61. The van der Waals surface area contributed by atoms with Gasteiger partial charge in [-0.25, -0.2) is 4.79 Å². The Morgan fingerprint density at radius 3 is 2.37 bits per heavy atom. The number of rotatable bonds is 4. The van der Waals surface area contributed by atoms with E-state index < -0.39 is 11.7 Å². The third-order valence-electron chi connectivity index (χ3n) is 3.05. The van der Waals surface area contributed by atoms with Gasteiger partial charge in [0.15, 0.2) is 0 Å². The molecule has 0 spiro atoms. The molecule has 1 amide bonds. The first-order valence-corrected chi connectivity index (χ1v) is 6.70. The Hall–Kier alpha value is -1.39. The van der Waals surface area contributed by atoms with Crippen LogP contribution in [0.2, 0.25) is 0 Å². The zero-order valence-corrected chi connectivity index (χ0v) is 12.1. The second kappa shape index (κ2) is 6.17. The summed E-state index contributed by atoms with van der Waals surface area (Å²) in [6, 6.07) is -0.207. The number of ether oxygens (including phenoxy) is 1. The molecule has 1 N–H and O–H groups in total. The van der Waals surface area contributed by atoms with Gasteiger partial charge in [-0.15, -0.1) is 0 Å². The van der Waals surface area contributed by atoms with Crippen LogP contribution in [0.1, 0.15) is 53.4 Å². The van der Waals surface area contributed by atoms with Crippen LogP contribution in [0.4, 0.5) is 4.79 Å². The average molecular weight is 269 g/mol. The van der Waals surface area contributed by atoms with E-state index >= 15 is 0 Å². The number of hydrogen-bond donors (Lipinski definition) is 1. The molecule has 1 fully saturated rings. The standard InChI is InChI=1S/C14H23NO4/c1-9(16)8-12(17)10-6-5-7-11(10)15-13(18)19-14(2,3)4/h10-11H,5-8H2,1-4H3,(H,15,18). The molecule has 5 heteroatoms. The summed E-state index contributed by atoms with van der Waals surface area (Å²) < 4.78 is 5.18. The third kappa shape index (κ3) is 5.41. The molecule has 5 nitrogen and oxygen atoms in total. The molecule has 0 radical (unpaired) electrons. The van der Waals surface area contributed by atoms with Crippen LogP contribution in [0.3, 0.4) is 0 Å². The second-order valence-electron chi connectivity index (χ2n) is 6.14. The maximum atomic E-state index is 11.9. The van der Waals surface area contributed by atoms with E-state index in [1.54, 1.807) is 20.8 Å². The molecule has 1 rings (SSSR count). The Labute approximate surface area is 114 Å². The Balaban J connectivity index is 2.55. The lowest BCUT2D eigenvalue weighted by molar-refractivity contribution is -0.128. The predicted octanol–water partition coefficient (Wildman–Crippen LogP) is 2.23. The summed E-state index contributed by atoms with van der Waals surface area (Å²) in [5, 5.41) is 2.75. The van der Waals surface area contributed by atoms with Gasteiger partial charge in [0.25, 0.3) is 0 Å². The van der Waals surface area contributed by atoms with Crippen molar-refractivity contribution >= 4 is 17.7 Å². The Morgan fingerprint density at radius 1 is 1.21 bits per heavy atom. The van der Waals surface area contributed by atoms with Crippen molar-refractivity contribution in [3.8, 4) is 0 Å². The van der Waals surface area contributed by atoms with Crippen LogP contribution in [0.25, 0.3) is 0 Å². The van der Waals surface area contributed by atoms with E-state index in [1.807, 2.05) is 0 Å². The van der Waals surface area contributed by atoms with E-state index in [1.165, 1.54) is 6.92 Å². The first-order chi connectivity index (χ1) is 8.69. The molecule has 0 bridgehead atoms. The van der Waals surface area contributed by atoms with Crippen LogP contribution in [-0.4, -0.2) is 29.3 Å². The molecule has 1 aliphatic rings. The zero-order valence-electron chi connectivity index (χ0n) is 12.1. The number of hydrogen-bond acceptors (Lipinski definition) is 4. The first-order valence-electron chi connectivity index (χ1n) is 6.70. The van der Waals surface area contributed by atoms with Gasteiger partial charge in [-0.2, -0.15) is 0 Å². The lowest BCUT2D eigenvalue weighted by Gasteiger charge is -2.24. The number of carbonyl (C=O) groups is 3. The molecule has 0 heterocycles. The van der Waals surface area contributed by atoms with Gasteiger partial charge in [-0.05, 0) is 40.5 Å². The smallest absolute Gasteiger partial charge is 0.407 e. The van der Waals surface area contributed by atoms with E-state index in [4.69, 9.17) is 4.74 Å². The van der Waals surface area contributed by atoms with Gasteiger partial charge in [-0.3, -0.25) is 9.59 Å². The highest BCUT2D eigenvalue weighted by atomic mass is 16.6. The third-order valence-corrected chi connectivity index (χ3v) is 3.05. The summed E-state index contributed by atoms with van der Waals surface area (Å²) in [5.41, 5.74) is -0.554. The summed E-state index contributed by atoms with van der Waals surface area (Å²) in [6.45, 7) is 6.78. The minimum atomic E-state index is -0.554. The van der Waals surface area contributed by atoms with Gasteiger partial charge < -0.3 is 10.1 Å². The summed E-state index contributed by atoms with van der Waals surface area (Å²) in [6.07, 6.45) is 1.83. The van der Waals surface area contributed by atoms with Crippen LogP contribution in [0, 0.1) is 5.92 Å². The lowest BCUT2D eigenvalue weighted by Crippen LogP contribution is -2.43. The van der Waals surface area contributed by atoms with Crippen molar-refractivity contribution in [1.82, 2.24) is 5.32 Å². The maximum Gasteiger partial charge on any atom is 0.407 e. The fraction of sp³-hybridized carbons (Fsp3) is 0.786. The zero-order chi connectivity index (χ0) is 14.6. The molecule has 2 atom stereocenters. The highest BCUT2D eigenvalue weighted by Crippen LogP contribution is 2.27. The predicted molar refractivity (Wildman–Crippen MR) is 70.8 cm³/mol. The number of Topliss-reactive ketones (excluding diaryl/α,β-unsaturated/α-hetero) is 2. The Kier molecular flexibility index (Phi) is 5.09. The maximum absolute atomic E-state index is 11.9. The van der Waals surface area contributed by atoms with E-state index in [0.29, 0.717) is 0 Å². The van der Waals surface area contributed by atoms with Crippen molar-refractivity contribution in [3.63, 3.8) is 0 Å². The Morgan fingerprint density at radius 2 is 1.84 bits per heavy atom. The molecule has 0 aromatic carbocycles. The van der Waals surface area contributed by atoms with Crippen LogP contribution < -0.4 is 5.32 Å². The van der Waals surface area contributed by atoms with Crippen LogP contribution in [0.5, 0.6) is 0 Å². The monoisotopic (exact) mass is 269 g/mol. The molecule has 1 aliphatic carbocycles. The second-order valence-corrected chi connectivity index (χ2v) is 6.14. The number of nitrogens with one attached hydrogen (secondary N) is 1. The molecular weight excluding hydrogens is 246 g/mol.